The number of hydrazine groups is 1. The predicted molar refractivity (Wildman–Crippen MR) is 76.5 cm³/mol. The molecule has 100 valence electrons. The first-order valence-corrected chi connectivity index (χ1v) is 7.27. The summed E-state index contributed by atoms with van der Waals surface area (Å²) < 4.78 is 1.76. The summed E-state index contributed by atoms with van der Waals surface area (Å²) in [4.78, 5) is 9.14. The van der Waals surface area contributed by atoms with Gasteiger partial charge in [-0.05, 0) is 18.6 Å². The van der Waals surface area contributed by atoms with E-state index in [2.05, 4.69) is 20.5 Å². The van der Waals surface area contributed by atoms with Gasteiger partial charge in [0.15, 0.2) is 0 Å². The maximum Gasteiger partial charge on any atom is 0.144 e. The zero-order valence-electron chi connectivity index (χ0n) is 10.7. The first-order valence-electron chi connectivity index (χ1n) is 6.22. The Bertz CT molecular complexity index is 575. The van der Waals surface area contributed by atoms with Crippen LogP contribution in [0, 0.1) is 0 Å². The number of nitrogen functional groups attached to an aromatic ring is 1. The lowest BCUT2D eigenvalue weighted by atomic mass is 10.2. The van der Waals surface area contributed by atoms with Gasteiger partial charge in [-0.25, -0.2) is 15.8 Å². The molecule has 2 aromatic heterocycles. The van der Waals surface area contributed by atoms with E-state index in [1.165, 1.54) is 12.2 Å². The highest BCUT2D eigenvalue weighted by atomic mass is 32.2. The smallest absolute Gasteiger partial charge is 0.144 e. The van der Waals surface area contributed by atoms with Gasteiger partial charge in [-0.1, -0.05) is 0 Å². The van der Waals surface area contributed by atoms with Gasteiger partial charge < -0.3 is 5.43 Å². The Kier molecular flexibility index (Phi) is 3.39. The maximum atomic E-state index is 5.50. The van der Waals surface area contributed by atoms with Gasteiger partial charge in [0.1, 0.15) is 11.6 Å². The number of anilines is 1. The molecule has 0 radical (unpaired) electrons. The average molecular weight is 276 g/mol. The van der Waals surface area contributed by atoms with Crippen molar-refractivity contribution >= 4 is 17.6 Å². The molecule has 0 amide bonds. The van der Waals surface area contributed by atoms with E-state index in [1.54, 1.807) is 10.9 Å². The van der Waals surface area contributed by atoms with Crippen molar-refractivity contribution in [3.63, 3.8) is 0 Å². The second-order valence-corrected chi connectivity index (χ2v) is 5.86. The number of nitrogens with two attached hydrogens (primary N) is 1. The van der Waals surface area contributed by atoms with Crippen molar-refractivity contribution in [2.75, 3.05) is 11.2 Å². The van der Waals surface area contributed by atoms with Crippen LogP contribution in [0.5, 0.6) is 0 Å². The number of aryl methyl sites for hydroxylation is 1. The van der Waals surface area contributed by atoms with E-state index >= 15 is 0 Å². The first-order chi connectivity index (χ1) is 9.26. The lowest BCUT2D eigenvalue weighted by molar-refractivity contribution is 0.767. The van der Waals surface area contributed by atoms with E-state index < -0.39 is 0 Å². The van der Waals surface area contributed by atoms with Crippen molar-refractivity contribution in [1.29, 1.82) is 0 Å². The molecule has 0 aromatic carbocycles. The number of hydrogen-bond donors (Lipinski definition) is 2. The van der Waals surface area contributed by atoms with Crippen LogP contribution >= 0.6 is 11.8 Å². The molecular weight excluding hydrogens is 260 g/mol. The number of nitrogens with zero attached hydrogens (tertiary/aromatic N) is 4. The van der Waals surface area contributed by atoms with Crippen LogP contribution in [-0.2, 0) is 7.05 Å². The van der Waals surface area contributed by atoms with Crippen molar-refractivity contribution in [2.45, 2.75) is 18.1 Å². The second kappa shape index (κ2) is 5.18. The highest BCUT2D eigenvalue weighted by Gasteiger charge is 2.21. The molecule has 3 rings (SSSR count). The van der Waals surface area contributed by atoms with Gasteiger partial charge in [-0.2, -0.15) is 16.9 Å². The van der Waals surface area contributed by atoms with E-state index in [9.17, 15) is 0 Å². The summed E-state index contributed by atoms with van der Waals surface area (Å²) in [6.45, 7) is 0. The predicted octanol–water partition coefficient (Wildman–Crippen LogP) is 1.73. The fourth-order valence-electron chi connectivity index (χ4n) is 2.17. The van der Waals surface area contributed by atoms with Crippen LogP contribution in [0.3, 0.4) is 0 Å². The van der Waals surface area contributed by atoms with Gasteiger partial charge in [0.2, 0.25) is 0 Å². The quantitative estimate of drug-likeness (QED) is 0.656. The van der Waals surface area contributed by atoms with Crippen molar-refractivity contribution in [3.05, 3.63) is 24.3 Å². The van der Waals surface area contributed by atoms with Crippen molar-refractivity contribution in [2.24, 2.45) is 12.9 Å². The van der Waals surface area contributed by atoms with Gasteiger partial charge in [0.05, 0.1) is 17.1 Å². The lowest BCUT2D eigenvalue weighted by Crippen LogP contribution is -2.11. The fourth-order valence-corrected chi connectivity index (χ4v) is 3.37. The highest BCUT2D eigenvalue weighted by molar-refractivity contribution is 7.99. The summed E-state index contributed by atoms with van der Waals surface area (Å²) in [6.07, 6.45) is 6.09. The SMILES string of the molecule is Cn1cc(-c2cc(NN)nc(C3CCCS3)n2)cn1. The van der Waals surface area contributed by atoms with Crippen LogP contribution in [0.25, 0.3) is 11.3 Å². The zero-order chi connectivity index (χ0) is 13.2. The molecule has 0 saturated carbocycles. The Balaban J connectivity index is 2.01. The van der Waals surface area contributed by atoms with Crippen LogP contribution < -0.4 is 11.3 Å². The molecule has 0 aliphatic carbocycles. The third kappa shape index (κ3) is 2.57. The van der Waals surface area contributed by atoms with Crippen LogP contribution in [0.1, 0.15) is 23.9 Å². The standard InChI is InChI=1S/C12H16N6S/c1-18-7-8(6-14-18)9-5-11(17-13)16-12(15-9)10-3-2-4-19-10/h5-7,10H,2-4,13H2,1H3,(H,15,16,17). The molecule has 1 fully saturated rings. The Hall–Kier alpha value is -1.60. The number of hydrogen-bond acceptors (Lipinski definition) is 6. The van der Waals surface area contributed by atoms with Gasteiger partial charge in [0.25, 0.3) is 0 Å². The number of thioether (sulfide) groups is 1. The highest BCUT2D eigenvalue weighted by Crippen LogP contribution is 2.39. The number of rotatable bonds is 3. The summed E-state index contributed by atoms with van der Waals surface area (Å²) in [6, 6.07) is 1.85. The molecule has 1 unspecified atom stereocenters. The molecule has 1 atom stereocenters. The minimum atomic E-state index is 0.378. The van der Waals surface area contributed by atoms with Crippen LogP contribution in [0.15, 0.2) is 18.5 Å². The van der Waals surface area contributed by atoms with Gasteiger partial charge in [0, 0.05) is 24.9 Å². The van der Waals surface area contributed by atoms with Crippen molar-refractivity contribution in [3.8, 4) is 11.3 Å². The molecule has 2 aromatic rings. The average Bonchev–Trinajstić information content (AvgIpc) is 3.09. The van der Waals surface area contributed by atoms with E-state index in [0.717, 1.165) is 23.5 Å². The largest absolute Gasteiger partial charge is 0.308 e. The molecule has 0 spiro atoms. The lowest BCUT2D eigenvalue weighted by Gasteiger charge is -2.10. The van der Waals surface area contributed by atoms with E-state index in [-0.39, 0.29) is 0 Å². The van der Waals surface area contributed by atoms with Gasteiger partial charge in [-0.3, -0.25) is 4.68 Å². The summed E-state index contributed by atoms with van der Waals surface area (Å²) in [5.74, 6) is 8.19. The number of nitrogens with one attached hydrogen (secondary N) is 1. The number of aromatic nitrogens is 4. The molecule has 6 nitrogen and oxygen atoms in total. The minimum absolute atomic E-state index is 0.378. The van der Waals surface area contributed by atoms with Crippen LogP contribution in [-0.4, -0.2) is 25.5 Å². The Labute approximate surface area is 115 Å². The summed E-state index contributed by atoms with van der Waals surface area (Å²) in [5.41, 5.74) is 4.46. The van der Waals surface area contributed by atoms with E-state index in [0.29, 0.717) is 11.1 Å². The van der Waals surface area contributed by atoms with Crippen molar-refractivity contribution < 1.29 is 0 Å². The third-order valence-electron chi connectivity index (χ3n) is 3.11. The second-order valence-electron chi connectivity index (χ2n) is 4.55. The van der Waals surface area contributed by atoms with E-state index in [4.69, 9.17) is 5.84 Å². The van der Waals surface area contributed by atoms with Crippen LogP contribution in [0.2, 0.25) is 0 Å². The van der Waals surface area contributed by atoms with E-state index in [1.807, 2.05) is 31.1 Å². The monoisotopic (exact) mass is 276 g/mol. The van der Waals surface area contributed by atoms with Crippen LogP contribution in [0.4, 0.5) is 5.82 Å². The molecule has 7 heteroatoms. The molecule has 1 aliphatic heterocycles. The molecule has 3 N–H and O–H groups in total. The summed E-state index contributed by atoms with van der Waals surface area (Å²) >= 11 is 1.91. The third-order valence-corrected chi connectivity index (χ3v) is 4.48. The van der Waals surface area contributed by atoms with Crippen molar-refractivity contribution in [1.82, 2.24) is 19.7 Å². The Morgan fingerprint density at radius 3 is 3.00 bits per heavy atom. The molecule has 19 heavy (non-hydrogen) atoms. The normalized spacial score (nSPS) is 18.7. The topological polar surface area (TPSA) is 81.7 Å². The Morgan fingerprint density at radius 2 is 2.37 bits per heavy atom. The summed E-state index contributed by atoms with van der Waals surface area (Å²) in [5, 5.41) is 4.55. The molecule has 0 bridgehead atoms. The first kappa shape index (κ1) is 12.4. The molecule has 3 heterocycles. The summed E-state index contributed by atoms with van der Waals surface area (Å²) in [7, 11) is 1.89. The zero-order valence-corrected chi connectivity index (χ0v) is 11.5. The van der Waals surface area contributed by atoms with Gasteiger partial charge in [-0.15, -0.1) is 0 Å². The van der Waals surface area contributed by atoms with Gasteiger partial charge >= 0.3 is 0 Å². The maximum absolute atomic E-state index is 5.50. The minimum Gasteiger partial charge on any atom is -0.308 e. The molecule has 1 aliphatic rings. The molecule has 1 saturated heterocycles. The molecular formula is C12H16N6S. The fraction of sp³-hybridized carbons (Fsp3) is 0.417. The Morgan fingerprint density at radius 1 is 1.47 bits per heavy atom.